The van der Waals surface area contributed by atoms with Gasteiger partial charge in [0, 0.05) is 25.7 Å². The third-order valence-corrected chi connectivity index (χ3v) is 5.56. The number of likely N-dealkylation sites (tertiary alicyclic amines) is 1. The lowest BCUT2D eigenvalue weighted by Gasteiger charge is -2.37. The fourth-order valence-electron chi connectivity index (χ4n) is 3.16. The van der Waals surface area contributed by atoms with Crippen molar-refractivity contribution in [1.82, 2.24) is 25.0 Å². The van der Waals surface area contributed by atoms with Crippen LogP contribution in [-0.4, -0.2) is 69.4 Å². The predicted molar refractivity (Wildman–Crippen MR) is 99.5 cm³/mol. The highest BCUT2D eigenvalue weighted by Gasteiger charge is 2.26. The highest BCUT2D eigenvalue weighted by molar-refractivity contribution is 7.99. The summed E-state index contributed by atoms with van der Waals surface area (Å²) in [5.41, 5.74) is 1.36. The van der Waals surface area contributed by atoms with Crippen molar-refractivity contribution in [2.45, 2.75) is 30.5 Å². The van der Waals surface area contributed by atoms with Crippen LogP contribution in [0.4, 0.5) is 0 Å². The number of rotatable bonds is 7. The average Bonchev–Trinajstić information content (AvgIpc) is 3.18. The molecule has 7 heteroatoms. The minimum Gasteiger partial charge on any atom is -0.340 e. The molecule has 1 unspecified atom stereocenters. The second-order valence-corrected chi connectivity index (χ2v) is 7.40. The smallest absolute Gasteiger partial charge is 0.233 e. The first-order chi connectivity index (χ1) is 12.2. The quantitative estimate of drug-likeness (QED) is 0.767. The number of aromatic amines is 1. The lowest BCUT2D eigenvalue weighted by atomic mass is 10.0. The molecular weight excluding hydrogens is 334 g/mol. The van der Waals surface area contributed by atoms with E-state index in [1.807, 2.05) is 4.90 Å². The Bertz CT molecular complexity index is 649. The lowest BCUT2D eigenvalue weighted by molar-refractivity contribution is -0.130. The Kier molecular flexibility index (Phi) is 6.47. The molecule has 134 valence electrons. The van der Waals surface area contributed by atoms with E-state index < -0.39 is 0 Å². The van der Waals surface area contributed by atoms with Crippen molar-refractivity contribution in [1.29, 1.82) is 0 Å². The van der Waals surface area contributed by atoms with Crippen LogP contribution in [0.1, 0.15) is 18.4 Å². The zero-order valence-electron chi connectivity index (χ0n) is 14.6. The van der Waals surface area contributed by atoms with Crippen molar-refractivity contribution in [2.24, 2.45) is 0 Å². The van der Waals surface area contributed by atoms with Gasteiger partial charge in [-0.1, -0.05) is 42.1 Å². The number of benzene rings is 1. The Labute approximate surface area is 153 Å². The summed E-state index contributed by atoms with van der Waals surface area (Å²) in [5, 5.41) is 7.28. The van der Waals surface area contributed by atoms with Gasteiger partial charge in [-0.15, -0.1) is 0 Å². The summed E-state index contributed by atoms with van der Waals surface area (Å²) in [4.78, 5) is 20.9. The van der Waals surface area contributed by atoms with Gasteiger partial charge in [0.15, 0.2) is 5.16 Å². The van der Waals surface area contributed by atoms with Gasteiger partial charge >= 0.3 is 0 Å². The minimum atomic E-state index is 0.183. The minimum absolute atomic E-state index is 0.183. The molecule has 1 amide bonds. The molecule has 1 fully saturated rings. The van der Waals surface area contributed by atoms with E-state index in [-0.39, 0.29) is 5.91 Å². The van der Waals surface area contributed by atoms with Gasteiger partial charge in [0.1, 0.15) is 6.33 Å². The van der Waals surface area contributed by atoms with Crippen LogP contribution in [0, 0.1) is 0 Å². The highest BCUT2D eigenvalue weighted by Crippen LogP contribution is 2.18. The first-order valence-corrected chi connectivity index (χ1v) is 9.71. The Morgan fingerprint density at radius 3 is 3.00 bits per heavy atom. The number of aromatic nitrogens is 3. The molecule has 0 bridgehead atoms. The van der Waals surface area contributed by atoms with Gasteiger partial charge in [0.05, 0.1) is 5.75 Å². The third-order valence-electron chi connectivity index (χ3n) is 4.69. The van der Waals surface area contributed by atoms with Crippen LogP contribution in [0.5, 0.6) is 0 Å². The van der Waals surface area contributed by atoms with E-state index in [1.165, 1.54) is 23.7 Å². The zero-order valence-corrected chi connectivity index (χ0v) is 15.4. The van der Waals surface area contributed by atoms with Gasteiger partial charge < -0.3 is 9.80 Å². The molecule has 1 aliphatic rings. The van der Waals surface area contributed by atoms with E-state index in [2.05, 4.69) is 57.5 Å². The van der Waals surface area contributed by atoms with Crippen molar-refractivity contribution in [3.8, 4) is 0 Å². The molecule has 1 atom stereocenters. The molecule has 25 heavy (non-hydrogen) atoms. The maximum atomic E-state index is 12.5. The largest absolute Gasteiger partial charge is 0.340 e. The number of hydrogen-bond acceptors (Lipinski definition) is 5. The van der Waals surface area contributed by atoms with E-state index in [1.54, 1.807) is 0 Å². The summed E-state index contributed by atoms with van der Waals surface area (Å²) in [6, 6.07) is 11.0. The first-order valence-electron chi connectivity index (χ1n) is 8.72. The van der Waals surface area contributed by atoms with Crippen molar-refractivity contribution >= 4 is 17.7 Å². The number of nitrogens with zero attached hydrogens (tertiary/aromatic N) is 4. The molecule has 6 nitrogen and oxygen atoms in total. The molecule has 1 aromatic carbocycles. The average molecular weight is 359 g/mol. The van der Waals surface area contributed by atoms with E-state index >= 15 is 0 Å². The number of carbonyl (C=O) groups is 1. The second kappa shape index (κ2) is 9.01. The molecule has 0 aliphatic carbocycles. The monoisotopic (exact) mass is 359 g/mol. The van der Waals surface area contributed by atoms with Crippen molar-refractivity contribution in [3.05, 3.63) is 42.2 Å². The van der Waals surface area contributed by atoms with E-state index in [9.17, 15) is 4.79 Å². The van der Waals surface area contributed by atoms with Crippen molar-refractivity contribution < 1.29 is 4.79 Å². The van der Waals surface area contributed by atoms with E-state index in [0.717, 1.165) is 38.9 Å². The Morgan fingerprint density at radius 2 is 2.24 bits per heavy atom. The van der Waals surface area contributed by atoms with E-state index in [4.69, 9.17) is 0 Å². The molecule has 1 aromatic heterocycles. The van der Waals surface area contributed by atoms with Crippen LogP contribution in [0.2, 0.25) is 0 Å². The summed E-state index contributed by atoms with van der Waals surface area (Å²) >= 11 is 1.41. The molecule has 1 N–H and O–H groups in total. The summed E-state index contributed by atoms with van der Waals surface area (Å²) in [6.45, 7) is 2.70. The number of H-pyrrole nitrogens is 1. The standard InChI is InChI=1S/C18H25N5OS/c1-22(11-9-15-6-3-2-4-7-15)16-8-5-10-23(12-16)17(24)13-25-18-19-14-20-21-18/h2-4,6-7,14,16H,5,8-13H2,1H3,(H,19,20,21). The van der Waals surface area contributed by atoms with Crippen LogP contribution in [0.25, 0.3) is 0 Å². The van der Waals surface area contributed by atoms with Crippen LogP contribution in [-0.2, 0) is 11.2 Å². The fourth-order valence-corrected chi connectivity index (χ4v) is 3.84. The number of nitrogens with one attached hydrogen (secondary N) is 1. The second-order valence-electron chi connectivity index (χ2n) is 6.43. The molecule has 0 radical (unpaired) electrons. The summed E-state index contributed by atoms with van der Waals surface area (Å²) in [6.07, 6.45) is 4.73. The molecule has 2 aromatic rings. The number of piperidine rings is 1. The van der Waals surface area contributed by atoms with Gasteiger partial charge in [0.2, 0.25) is 5.91 Å². The first kappa shape index (κ1) is 17.9. The number of likely N-dealkylation sites (N-methyl/N-ethyl adjacent to an activating group) is 1. The van der Waals surface area contributed by atoms with Crippen LogP contribution >= 0.6 is 11.8 Å². The van der Waals surface area contributed by atoms with Gasteiger partial charge in [-0.05, 0) is 31.9 Å². The molecule has 3 rings (SSSR count). The Morgan fingerprint density at radius 1 is 1.40 bits per heavy atom. The molecule has 1 aliphatic heterocycles. The summed E-state index contributed by atoms with van der Waals surface area (Å²) < 4.78 is 0. The maximum Gasteiger partial charge on any atom is 0.233 e. The fraction of sp³-hybridized carbons (Fsp3) is 0.500. The normalized spacial score (nSPS) is 17.8. The van der Waals surface area contributed by atoms with Gasteiger partial charge in [-0.3, -0.25) is 9.89 Å². The molecule has 1 saturated heterocycles. The number of thioether (sulfide) groups is 1. The predicted octanol–water partition coefficient (Wildman–Crippen LogP) is 2.06. The Balaban J connectivity index is 1.45. The summed E-state index contributed by atoms with van der Waals surface area (Å²) in [5.74, 6) is 0.595. The number of amides is 1. The van der Waals surface area contributed by atoms with Crippen LogP contribution < -0.4 is 0 Å². The summed E-state index contributed by atoms with van der Waals surface area (Å²) in [7, 11) is 2.17. The van der Waals surface area contributed by atoms with Crippen molar-refractivity contribution in [3.63, 3.8) is 0 Å². The SMILES string of the molecule is CN(CCc1ccccc1)C1CCCN(C(=O)CSc2ncn[nH]2)C1. The molecular formula is C18H25N5OS. The van der Waals surface area contributed by atoms with Gasteiger partial charge in [-0.25, -0.2) is 4.98 Å². The molecule has 0 spiro atoms. The van der Waals surface area contributed by atoms with Crippen molar-refractivity contribution in [2.75, 3.05) is 32.4 Å². The molecule has 2 heterocycles. The van der Waals surface area contributed by atoms with Crippen LogP contribution in [0.3, 0.4) is 0 Å². The molecule has 0 saturated carbocycles. The van der Waals surface area contributed by atoms with Gasteiger partial charge in [0.25, 0.3) is 0 Å². The zero-order chi connectivity index (χ0) is 17.5. The lowest BCUT2D eigenvalue weighted by Crippen LogP contribution is -2.49. The van der Waals surface area contributed by atoms with Gasteiger partial charge in [-0.2, -0.15) is 5.10 Å². The number of hydrogen-bond donors (Lipinski definition) is 1. The van der Waals surface area contributed by atoms with Crippen LogP contribution in [0.15, 0.2) is 41.8 Å². The third kappa shape index (κ3) is 5.31. The Hall–Kier alpha value is -1.86. The van der Waals surface area contributed by atoms with E-state index in [0.29, 0.717) is 17.0 Å². The number of carbonyl (C=O) groups excluding carboxylic acids is 1. The topological polar surface area (TPSA) is 65.1 Å². The maximum absolute atomic E-state index is 12.5. The highest BCUT2D eigenvalue weighted by atomic mass is 32.2.